The Balaban J connectivity index is 2.05. The largest absolute Gasteiger partial charge is 0.502 e. The molecule has 0 spiro atoms. The van der Waals surface area contributed by atoms with Gasteiger partial charge in [-0.25, -0.2) is 0 Å². The third kappa shape index (κ3) is 2.27. The van der Waals surface area contributed by atoms with E-state index in [0.717, 1.165) is 11.1 Å². The highest BCUT2D eigenvalue weighted by Gasteiger charge is 2.17. The van der Waals surface area contributed by atoms with Crippen molar-refractivity contribution in [3.8, 4) is 28.2 Å². The van der Waals surface area contributed by atoms with Gasteiger partial charge in [-0.15, -0.1) is 0 Å². The fourth-order valence-corrected chi connectivity index (χ4v) is 2.87. The van der Waals surface area contributed by atoms with Crippen molar-refractivity contribution in [3.05, 3.63) is 89.1 Å². The molecule has 3 nitrogen and oxygen atoms in total. The van der Waals surface area contributed by atoms with E-state index in [1.54, 1.807) is 18.2 Å². The van der Waals surface area contributed by atoms with Gasteiger partial charge in [0.1, 0.15) is 5.58 Å². The zero-order chi connectivity index (χ0) is 16.5. The smallest absolute Gasteiger partial charge is 0.235 e. The van der Waals surface area contributed by atoms with Crippen LogP contribution in [0.4, 0.5) is 0 Å². The fourth-order valence-electron chi connectivity index (χ4n) is 2.87. The molecule has 0 aliphatic rings. The topological polar surface area (TPSA) is 50.4 Å². The standard InChI is InChI=1S/C21H14O3/c22-19-18-16(14-8-3-1-4-9-14)12-7-13-17(18)24-21(20(19)23)15-10-5-2-6-11-15/h1-13,23H. The summed E-state index contributed by atoms with van der Waals surface area (Å²) >= 11 is 0. The molecule has 3 aromatic carbocycles. The first-order valence-electron chi connectivity index (χ1n) is 7.65. The molecule has 0 radical (unpaired) electrons. The van der Waals surface area contributed by atoms with Crippen molar-refractivity contribution in [1.82, 2.24) is 0 Å². The monoisotopic (exact) mass is 314 g/mol. The highest BCUT2D eigenvalue weighted by Crippen LogP contribution is 2.33. The van der Waals surface area contributed by atoms with Gasteiger partial charge < -0.3 is 9.52 Å². The van der Waals surface area contributed by atoms with Crippen LogP contribution in [-0.4, -0.2) is 5.11 Å². The van der Waals surface area contributed by atoms with Gasteiger partial charge in [0.25, 0.3) is 0 Å². The van der Waals surface area contributed by atoms with E-state index in [1.807, 2.05) is 60.7 Å². The summed E-state index contributed by atoms with van der Waals surface area (Å²) in [5.41, 5.74) is 2.35. The first-order chi connectivity index (χ1) is 11.8. The summed E-state index contributed by atoms with van der Waals surface area (Å²) in [5.74, 6) is -0.171. The molecule has 0 atom stereocenters. The first kappa shape index (κ1) is 14.3. The maximum absolute atomic E-state index is 12.8. The molecule has 0 bridgehead atoms. The molecule has 1 aromatic heterocycles. The normalized spacial score (nSPS) is 10.8. The van der Waals surface area contributed by atoms with Gasteiger partial charge in [0.15, 0.2) is 5.76 Å². The maximum atomic E-state index is 12.8. The highest BCUT2D eigenvalue weighted by molar-refractivity contribution is 5.95. The average molecular weight is 314 g/mol. The quantitative estimate of drug-likeness (QED) is 0.576. The van der Waals surface area contributed by atoms with Crippen molar-refractivity contribution in [2.75, 3.05) is 0 Å². The number of fused-ring (bicyclic) bond motifs is 1. The van der Waals surface area contributed by atoms with Crippen LogP contribution in [0.25, 0.3) is 33.4 Å². The molecule has 4 aromatic rings. The summed E-state index contributed by atoms with van der Waals surface area (Å²) in [4.78, 5) is 12.8. The Morgan fingerprint density at radius 2 is 1.33 bits per heavy atom. The van der Waals surface area contributed by atoms with Crippen molar-refractivity contribution in [2.45, 2.75) is 0 Å². The molecule has 0 aliphatic heterocycles. The van der Waals surface area contributed by atoms with Crippen LogP contribution in [0.2, 0.25) is 0 Å². The molecular formula is C21H14O3. The number of aromatic hydroxyl groups is 1. The van der Waals surface area contributed by atoms with Crippen LogP contribution in [0, 0.1) is 0 Å². The van der Waals surface area contributed by atoms with Gasteiger partial charge in [0, 0.05) is 5.56 Å². The summed E-state index contributed by atoms with van der Waals surface area (Å²) in [5, 5.41) is 10.8. The van der Waals surface area contributed by atoms with E-state index >= 15 is 0 Å². The molecule has 0 aliphatic carbocycles. The minimum Gasteiger partial charge on any atom is -0.502 e. The van der Waals surface area contributed by atoms with Gasteiger partial charge in [0.2, 0.25) is 11.2 Å². The summed E-state index contributed by atoms with van der Waals surface area (Å²) < 4.78 is 5.87. The van der Waals surface area contributed by atoms with Crippen LogP contribution in [0.1, 0.15) is 0 Å². The van der Waals surface area contributed by atoms with Crippen molar-refractivity contribution in [2.24, 2.45) is 0 Å². The van der Waals surface area contributed by atoms with Crippen LogP contribution in [0.3, 0.4) is 0 Å². The minimum atomic E-state index is -0.422. The van der Waals surface area contributed by atoms with E-state index in [9.17, 15) is 9.90 Å². The van der Waals surface area contributed by atoms with Gasteiger partial charge >= 0.3 is 0 Å². The second kappa shape index (κ2) is 5.70. The Morgan fingerprint density at radius 3 is 2.00 bits per heavy atom. The van der Waals surface area contributed by atoms with Crippen molar-refractivity contribution >= 4 is 11.0 Å². The minimum absolute atomic E-state index is 0.193. The number of rotatable bonds is 2. The Kier molecular flexibility index (Phi) is 3.39. The SMILES string of the molecule is O=c1c(O)c(-c2ccccc2)oc2cccc(-c3ccccc3)c12. The predicted molar refractivity (Wildman–Crippen MR) is 95.0 cm³/mol. The second-order valence-electron chi connectivity index (χ2n) is 5.52. The van der Waals surface area contributed by atoms with Crippen molar-refractivity contribution < 1.29 is 9.52 Å². The number of hydrogen-bond acceptors (Lipinski definition) is 3. The average Bonchev–Trinajstić information content (AvgIpc) is 2.65. The lowest BCUT2D eigenvalue weighted by Gasteiger charge is -2.09. The Bertz CT molecular complexity index is 1060. The van der Waals surface area contributed by atoms with Gasteiger partial charge in [-0.05, 0) is 17.2 Å². The molecule has 4 rings (SSSR count). The van der Waals surface area contributed by atoms with E-state index in [1.165, 1.54) is 0 Å². The summed E-state index contributed by atoms with van der Waals surface area (Å²) in [6, 6.07) is 24.2. The molecule has 1 N–H and O–H groups in total. The van der Waals surface area contributed by atoms with Crippen LogP contribution in [0.5, 0.6) is 5.75 Å². The van der Waals surface area contributed by atoms with Crippen molar-refractivity contribution in [3.63, 3.8) is 0 Å². The van der Waals surface area contributed by atoms with E-state index in [0.29, 0.717) is 16.5 Å². The summed E-state index contributed by atoms with van der Waals surface area (Å²) in [7, 11) is 0. The summed E-state index contributed by atoms with van der Waals surface area (Å²) in [6.45, 7) is 0. The van der Waals surface area contributed by atoms with Crippen LogP contribution in [-0.2, 0) is 0 Å². The van der Waals surface area contributed by atoms with E-state index in [2.05, 4.69) is 0 Å². The maximum Gasteiger partial charge on any atom is 0.235 e. The Morgan fingerprint density at radius 1 is 0.708 bits per heavy atom. The number of hydrogen-bond donors (Lipinski definition) is 1. The molecule has 0 amide bonds. The van der Waals surface area contributed by atoms with E-state index in [4.69, 9.17) is 4.42 Å². The molecule has 1 heterocycles. The molecule has 0 fully saturated rings. The molecule has 24 heavy (non-hydrogen) atoms. The lowest BCUT2D eigenvalue weighted by atomic mass is 10.00. The first-order valence-corrected chi connectivity index (χ1v) is 7.65. The molecule has 116 valence electrons. The second-order valence-corrected chi connectivity index (χ2v) is 5.52. The Hall–Kier alpha value is -3.33. The van der Waals surface area contributed by atoms with Gasteiger partial charge in [-0.2, -0.15) is 0 Å². The lowest BCUT2D eigenvalue weighted by Crippen LogP contribution is -2.04. The molecule has 0 saturated carbocycles. The van der Waals surface area contributed by atoms with Gasteiger partial charge in [-0.3, -0.25) is 4.79 Å². The molecule has 0 saturated heterocycles. The fraction of sp³-hybridized carbons (Fsp3) is 0. The van der Waals surface area contributed by atoms with Crippen LogP contribution >= 0.6 is 0 Å². The summed E-state index contributed by atoms with van der Waals surface area (Å²) in [6.07, 6.45) is 0. The van der Waals surface area contributed by atoms with E-state index in [-0.39, 0.29) is 11.5 Å². The van der Waals surface area contributed by atoms with Crippen molar-refractivity contribution in [1.29, 1.82) is 0 Å². The van der Waals surface area contributed by atoms with Crippen LogP contribution in [0.15, 0.2) is 88.1 Å². The van der Waals surface area contributed by atoms with Gasteiger partial charge in [-0.1, -0.05) is 72.8 Å². The lowest BCUT2D eigenvalue weighted by molar-refractivity contribution is 0.449. The molecular weight excluding hydrogens is 300 g/mol. The highest BCUT2D eigenvalue weighted by atomic mass is 16.4. The molecule has 0 unspecified atom stereocenters. The van der Waals surface area contributed by atoms with Gasteiger partial charge in [0.05, 0.1) is 5.39 Å². The van der Waals surface area contributed by atoms with Crippen LogP contribution < -0.4 is 5.43 Å². The zero-order valence-electron chi connectivity index (χ0n) is 12.8. The predicted octanol–water partition coefficient (Wildman–Crippen LogP) is 4.83. The zero-order valence-corrected chi connectivity index (χ0v) is 12.8. The molecule has 3 heteroatoms. The third-order valence-corrected chi connectivity index (χ3v) is 4.02. The Labute approximate surface area is 138 Å². The number of benzene rings is 3. The van der Waals surface area contributed by atoms with E-state index < -0.39 is 5.43 Å². The third-order valence-electron chi connectivity index (χ3n) is 4.02.